The monoisotopic (exact) mass is 209 g/mol. The number of nitrogens with zero attached hydrogens (tertiary/aromatic N) is 1. The molecule has 0 aliphatic heterocycles. The van der Waals surface area contributed by atoms with E-state index in [0.29, 0.717) is 6.54 Å². The summed E-state index contributed by atoms with van der Waals surface area (Å²) >= 11 is 0. The number of nitrogens with one attached hydrogen (secondary N) is 1. The van der Waals surface area contributed by atoms with Gasteiger partial charge in [0.25, 0.3) is 5.91 Å². The Kier molecular flexibility index (Phi) is 2.48. The third kappa shape index (κ3) is 2.02. The molecule has 2 rings (SSSR count). The first-order chi connectivity index (χ1) is 7.11. The zero-order valence-electron chi connectivity index (χ0n) is 8.75. The molecule has 5 nitrogen and oxygen atoms in total. The maximum atomic E-state index is 11.6. The molecule has 0 atom stereocenters. The molecule has 1 fully saturated rings. The number of rotatable bonds is 3. The Morgan fingerprint density at radius 3 is 2.93 bits per heavy atom. The van der Waals surface area contributed by atoms with Crippen LogP contribution in [-0.2, 0) is 0 Å². The average Bonchev–Trinajstić information content (AvgIpc) is 2.58. The molecule has 1 aliphatic carbocycles. The topological polar surface area (TPSA) is 81.2 Å². The van der Waals surface area contributed by atoms with E-state index in [-0.39, 0.29) is 17.2 Å². The van der Waals surface area contributed by atoms with Crippen LogP contribution in [0.2, 0.25) is 0 Å². The minimum Gasteiger partial charge on any atom is -0.351 e. The van der Waals surface area contributed by atoms with Crippen molar-refractivity contribution >= 4 is 5.91 Å². The van der Waals surface area contributed by atoms with Crippen LogP contribution < -0.4 is 11.1 Å². The predicted octanol–water partition coefficient (Wildman–Crippen LogP) is 0.594. The van der Waals surface area contributed by atoms with Gasteiger partial charge in [0.1, 0.15) is 0 Å². The van der Waals surface area contributed by atoms with E-state index < -0.39 is 0 Å². The summed E-state index contributed by atoms with van der Waals surface area (Å²) in [5.74, 6) is 0.0413. The summed E-state index contributed by atoms with van der Waals surface area (Å²) in [4.78, 5) is 11.6. The summed E-state index contributed by atoms with van der Waals surface area (Å²) in [5.41, 5.74) is 6.52. The average molecular weight is 209 g/mol. The van der Waals surface area contributed by atoms with Crippen LogP contribution in [-0.4, -0.2) is 23.1 Å². The number of carbonyl (C=O) groups is 1. The van der Waals surface area contributed by atoms with Gasteiger partial charge in [0.2, 0.25) is 5.76 Å². The first-order valence-corrected chi connectivity index (χ1v) is 5.09. The number of carbonyl (C=O) groups excluding carboxylic acids is 1. The molecular formula is C10H15N3O2. The molecule has 0 saturated heterocycles. The summed E-state index contributed by atoms with van der Waals surface area (Å²) in [7, 11) is 0. The Bertz CT molecular complexity index is 368. The van der Waals surface area contributed by atoms with Gasteiger partial charge in [-0.1, -0.05) is 5.16 Å². The molecule has 0 radical (unpaired) electrons. The van der Waals surface area contributed by atoms with Crippen molar-refractivity contribution in [2.24, 2.45) is 5.73 Å². The Morgan fingerprint density at radius 2 is 2.47 bits per heavy atom. The van der Waals surface area contributed by atoms with E-state index in [9.17, 15) is 4.79 Å². The molecule has 0 spiro atoms. The second-order valence-electron chi connectivity index (χ2n) is 4.24. The Labute approximate surface area is 88.0 Å². The summed E-state index contributed by atoms with van der Waals surface area (Å²) in [6.07, 6.45) is 4.62. The second-order valence-corrected chi connectivity index (χ2v) is 4.24. The van der Waals surface area contributed by atoms with Crippen molar-refractivity contribution in [3.63, 3.8) is 0 Å². The molecule has 1 aliphatic rings. The number of aromatic nitrogens is 1. The zero-order chi connectivity index (χ0) is 10.9. The van der Waals surface area contributed by atoms with Crippen LogP contribution in [0.5, 0.6) is 0 Å². The lowest BCUT2D eigenvalue weighted by atomic mass is 9.78. The van der Waals surface area contributed by atoms with Gasteiger partial charge in [-0.15, -0.1) is 0 Å². The van der Waals surface area contributed by atoms with Gasteiger partial charge in [-0.2, -0.15) is 0 Å². The summed E-state index contributed by atoms with van der Waals surface area (Å²) in [6, 6.07) is 0. The minimum absolute atomic E-state index is 0.205. The second kappa shape index (κ2) is 3.66. The van der Waals surface area contributed by atoms with Gasteiger partial charge in [-0.25, -0.2) is 0 Å². The van der Waals surface area contributed by atoms with Crippen LogP contribution in [0.1, 0.15) is 35.4 Å². The molecule has 82 valence electrons. The van der Waals surface area contributed by atoms with Crippen molar-refractivity contribution in [2.45, 2.75) is 31.7 Å². The number of aryl methyl sites for hydroxylation is 1. The van der Waals surface area contributed by atoms with Crippen LogP contribution in [0.3, 0.4) is 0 Å². The van der Waals surface area contributed by atoms with Crippen LogP contribution in [0.15, 0.2) is 10.7 Å². The molecule has 1 heterocycles. The first kappa shape index (κ1) is 10.2. The fourth-order valence-electron chi connectivity index (χ4n) is 1.65. The van der Waals surface area contributed by atoms with Crippen LogP contribution in [0.4, 0.5) is 0 Å². The number of amides is 1. The molecule has 1 aromatic heterocycles. The van der Waals surface area contributed by atoms with Crippen molar-refractivity contribution in [3.8, 4) is 0 Å². The van der Waals surface area contributed by atoms with E-state index >= 15 is 0 Å². The van der Waals surface area contributed by atoms with Crippen LogP contribution in [0, 0.1) is 6.92 Å². The van der Waals surface area contributed by atoms with Gasteiger partial charge in [0.05, 0.1) is 6.20 Å². The van der Waals surface area contributed by atoms with E-state index in [0.717, 1.165) is 24.8 Å². The van der Waals surface area contributed by atoms with Gasteiger partial charge in [-0.05, 0) is 26.2 Å². The Hall–Kier alpha value is -1.36. The van der Waals surface area contributed by atoms with Crippen molar-refractivity contribution < 1.29 is 9.32 Å². The highest BCUT2D eigenvalue weighted by molar-refractivity contribution is 5.92. The molecule has 0 unspecified atom stereocenters. The zero-order valence-corrected chi connectivity index (χ0v) is 8.75. The molecule has 0 aromatic carbocycles. The lowest BCUT2D eigenvalue weighted by Crippen LogP contribution is -2.54. The molecule has 1 aromatic rings. The van der Waals surface area contributed by atoms with Crippen molar-refractivity contribution in [3.05, 3.63) is 17.5 Å². The molecular weight excluding hydrogens is 194 g/mol. The highest BCUT2D eigenvalue weighted by Crippen LogP contribution is 2.28. The molecule has 15 heavy (non-hydrogen) atoms. The first-order valence-electron chi connectivity index (χ1n) is 5.09. The smallest absolute Gasteiger partial charge is 0.290 e. The fraction of sp³-hybridized carbons (Fsp3) is 0.600. The number of hydrogen-bond donors (Lipinski definition) is 2. The van der Waals surface area contributed by atoms with E-state index in [1.165, 1.54) is 6.20 Å². The molecule has 1 amide bonds. The summed E-state index contributed by atoms with van der Waals surface area (Å²) in [6.45, 7) is 2.29. The quantitative estimate of drug-likeness (QED) is 0.763. The number of nitrogens with two attached hydrogens (primary N) is 1. The van der Waals surface area contributed by atoms with Crippen LogP contribution >= 0.6 is 0 Å². The van der Waals surface area contributed by atoms with E-state index in [4.69, 9.17) is 10.3 Å². The third-order valence-corrected chi connectivity index (χ3v) is 2.91. The number of hydrogen-bond acceptors (Lipinski definition) is 4. The highest BCUT2D eigenvalue weighted by Gasteiger charge is 2.33. The molecule has 3 N–H and O–H groups in total. The Balaban J connectivity index is 1.90. The van der Waals surface area contributed by atoms with Crippen molar-refractivity contribution in [1.82, 2.24) is 10.5 Å². The SMILES string of the molecule is Cc1cnoc1C(=O)NCC1(N)CCC1. The maximum Gasteiger partial charge on any atom is 0.290 e. The van der Waals surface area contributed by atoms with Gasteiger partial charge in [0, 0.05) is 17.6 Å². The third-order valence-electron chi connectivity index (χ3n) is 2.91. The van der Waals surface area contributed by atoms with Gasteiger partial charge < -0.3 is 15.6 Å². The largest absolute Gasteiger partial charge is 0.351 e. The van der Waals surface area contributed by atoms with Crippen molar-refractivity contribution in [1.29, 1.82) is 0 Å². The molecule has 5 heteroatoms. The lowest BCUT2D eigenvalue weighted by Gasteiger charge is -2.37. The highest BCUT2D eigenvalue weighted by atomic mass is 16.5. The van der Waals surface area contributed by atoms with E-state index in [1.807, 2.05) is 0 Å². The van der Waals surface area contributed by atoms with E-state index in [2.05, 4.69) is 10.5 Å². The minimum atomic E-state index is -0.235. The van der Waals surface area contributed by atoms with Gasteiger partial charge >= 0.3 is 0 Å². The molecule has 0 bridgehead atoms. The van der Waals surface area contributed by atoms with E-state index in [1.54, 1.807) is 6.92 Å². The lowest BCUT2D eigenvalue weighted by molar-refractivity contribution is 0.0892. The summed E-state index contributed by atoms with van der Waals surface area (Å²) in [5, 5.41) is 6.32. The normalized spacial score (nSPS) is 18.3. The fourth-order valence-corrected chi connectivity index (χ4v) is 1.65. The maximum absolute atomic E-state index is 11.6. The molecule has 1 saturated carbocycles. The van der Waals surface area contributed by atoms with Gasteiger partial charge in [0.15, 0.2) is 0 Å². The summed E-state index contributed by atoms with van der Waals surface area (Å²) < 4.78 is 4.84. The van der Waals surface area contributed by atoms with Gasteiger partial charge in [-0.3, -0.25) is 4.79 Å². The Morgan fingerprint density at radius 1 is 1.73 bits per heavy atom. The van der Waals surface area contributed by atoms with Crippen LogP contribution in [0.25, 0.3) is 0 Å². The van der Waals surface area contributed by atoms with Crippen molar-refractivity contribution in [2.75, 3.05) is 6.54 Å². The standard InChI is InChI=1S/C10H15N3O2/c1-7-5-13-15-8(7)9(14)12-6-10(11)3-2-4-10/h5H,2-4,6,11H2,1H3,(H,12,14). The predicted molar refractivity (Wildman–Crippen MR) is 54.3 cm³/mol.